The Morgan fingerprint density at radius 3 is 2.60 bits per heavy atom. The van der Waals surface area contributed by atoms with Crippen molar-refractivity contribution in [1.82, 2.24) is 9.78 Å². The summed E-state index contributed by atoms with van der Waals surface area (Å²) in [6.07, 6.45) is 1.06. The molecule has 1 saturated heterocycles. The van der Waals surface area contributed by atoms with Crippen LogP contribution in [-0.2, 0) is 34.5 Å². The van der Waals surface area contributed by atoms with Gasteiger partial charge in [-0.25, -0.2) is 8.42 Å². The maximum absolute atomic E-state index is 11.7. The molecule has 1 fully saturated rings. The van der Waals surface area contributed by atoms with E-state index < -0.39 is 21.2 Å². The van der Waals surface area contributed by atoms with Crippen LogP contribution >= 0.6 is 15.9 Å². The largest absolute Gasteiger partial charge is 0.481 e. The van der Waals surface area contributed by atoms with E-state index in [4.69, 9.17) is 0 Å². The van der Waals surface area contributed by atoms with Crippen molar-refractivity contribution in [2.24, 2.45) is 12.5 Å². The van der Waals surface area contributed by atoms with Gasteiger partial charge in [0.1, 0.15) is 0 Å². The lowest BCUT2D eigenvalue weighted by Crippen LogP contribution is -2.35. The molecule has 0 aliphatic carbocycles. The summed E-state index contributed by atoms with van der Waals surface area (Å²) < 4.78 is 25.8. The first-order chi connectivity index (χ1) is 9.21. The summed E-state index contributed by atoms with van der Waals surface area (Å²) in [5.41, 5.74) is 0.352. The first-order valence-corrected chi connectivity index (χ1v) is 8.96. The highest BCUT2D eigenvalue weighted by Gasteiger charge is 2.49. The molecule has 1 aliphatic heterocycles. The second-order valence-corrected chi connectivity index (χ2v) is 8.27. The molecule has 2 rings (SSSR count). The van der Waals surface area contributed by atoms with E-state index in [2.05, 4.69) is 21.0 Å². The van der Waals surface area contributed by atoms with E-state index in [-0.39, 0.29) is 24.3 Å². The molecule has 6 nitrogen and oxygen atoms in total. The summed E-state index contributed by atoms with van der Waals surface area (Å²) in [5.74, 6) is -1.41. The first kappa shape index (κ1) is 15.5. The Labute approximate surface area is 126 Å². The van der Waals surface area contributed by atoms with Gasteiger partial charge in [0.25, 0.3) is 0 Å². The Balaban J connectivity index is 2.41. The van der Waals surface area contributed by atoms with Crippen molar-refractivity contribution in [1.29, 1.82) is 0 Å². The highest BCUT2D eigenvalue weighted by atomic mass is 79.9. The molecule has 20 heavy (non-hydrogen) atoms. The predicted octanol–water partition coefficient (Wildman–Crippen LogP) is 1.18. The zero-order valence-electron chi connectivity index (χ0n) is 11.4. The number of aryl methyl sites for hydroxylation is 2. The van der Waals surface area contributed by atoms with Crippen LogP contribution in [0.1, 0.15) is 24.7 Å². The van der Waals surface area contributed by atoms with Gasteiger partial charge in [-0.2, -0.15) is 5.10 Å². The molecule has 2 heterocycles. The van der Waals surface area contributed by atoms with Crippen molar-refractivity contribution in [3.63, 3.8) is 0 Å². The molecule has 1 aliphatic rings. The van der Waals surface area contributed by atoms with Gasteiger partial charge >= 0.3 is 5.97 Å². The normalized spacial score (nSPS) is 24.9. The summed E-state index contributed by atoms with van der Waals surface area (Å²) in [4.78, 5) is 11.6. The Kier molecular flexibility index (Phi) is 3.98. The van der Waals surface area contributed by atoms with Gasteiger partial charge in [0, 0.05) is 13.5 Å². The van der Waals surface area contributed by atoms with Gasteiger partial charge in [0.15, 0.2) is 9.84 Å². The van der Waals surface area contributed by atoms with Crippen LogP contribution < -0.4 is 0 Å². The van der Waals surface area contributed by atoms with Gasteiger partial charge in [-0.3, -0.25) is 9.48 Å². The highest BCUT2D eigenvalue weighted by molar-refractivity contribution is 9.10. The van der Waals surface area contributed by atoms with Crippen molar-refractivity contribution >= 4 is 31.7 Å². The molecule has 1 atom stereocenters. The molecule has 0 radical (unpaired) electrons. The van der Waals surface area contributed by atoms with Crippen LogP contribution in [-0.4, -0.2) is 40.8 Å². The van der Waals surface area contributed by atoms with E-state index in [1.54, 1.807) is 11.7 Å². The maximum atomic E-state index is 11.7. The molecular weight excluding hydrogens is 348 g/mol. The number of hydrogen-bond acceptors (Lipinski definition) is 4. The summed E-state index contributed by atoms with van der Waals surface area (Å²) in [6.45, 7) is 1.96. The van der Waals surface area contributed by atoms with Gasteiger partial charge < -0.3 is 5.11 Å². The summed E-state index contributed by atoms with van der Waals surface area (Å²) in [6, 6.07) is 0. The average molecular weight is 365 g/mol. The third-order valence-electron chi connectivity index (χ3n) is 3.85. The van der Waals surface area contributed by atoms with Crippen LogP contribution in [0.3, 0.4) is 0 Å². The predicted molar refractivity (Wildman–Crippen MR) is 77.3 cm³/mol. The SMILES string of the molecule is CCc1nn(C)c(CC2(C(=O)O)CCS(=O)(=O)C2)c1Br. The van der Waals surface area contributed by atoms with E-state index in [1.807, 2.05) is 6.92 Å². The quantitative estimate of drug-likeness (QED) is 0.866. The van der Waals surface area contributed by atoms with Gasteiger partial charge in [-0.1, -0.05) is 6.92 Å². The topological polar surface area (TPSA) is 89.3 Å². The number of carboxylic acid groups (broad SMARTS) is 1. The molecule has 112 valence electrons. The minimum atomic E-state index is -3.27. The average Bonchev–Trinajstić information content (AvgIpc) is 2.81. The fraction of sp³-hybridized carbons (Fsp3) is 0.667. The maximum Gasteiger partial charge on any atom is 0.311 e. The molecule has 1 unspecified atom stereocenters. The number of halogens is 1. The molecule has 0 spiro atoms. The van der Waals surface area contributed by atoms with Gasteiger partial charge in [-0.05, 0) is 28.8 Å². The van der Waals surface area contributed by atoms with Crippen LogP contribution in [0.5, 0.6) is 0 Å². The molecule has 0 aromatic carbocycles. The lowest BCUT2D eigenvalue weighted by atomic mass is 9.83. The third kappa shape index (κ3) is 2.63. The Morgan fingerprint density at radius 1 is 1.55 bits per heavy atom. The number of aromatic nitrogens is 2. The Morgan fingerprint density at radius 2 is 2.20 bits per heavy atom. The van der Waals surface area contributed by atoms with E-state index in [0.717, 1.165) is 22.3 Å². The van der Waals surface area contributed by atoms with E-state index >= 15 is 0 Å². The number of carbonyl (C=O) groups is 1. The molecule has 0 bridgehead atoms. The monoisotopic (exact) mass is 364 g/mol. The van der Waals surface area contributed by atoms with Gasteiger partial charge in [0.05, 0.1) is 32.8 Å². The van der Waals surface area contributed by atoms with Crippen molar-refractivity contribution in [3.8, 4) is 0 Å². The lowest BCUT2D eigenvalue weighted by molar-refractivity contribution is -0.147. The van der Waals surface area contributed by atoms with Gasteiger partial charge in [-0.15, -0.1) is 0 Å². The minimum Gasteiger partial charge on any atom is -0.481 e. The second kappa shape index (κ2) is 5.14. The number of carboxylic acids is 1. The molecule has 0 saturated carbocycles. The standard InChI is InChI=1S/C12H17BrN2O4S/c1-3-8-10(13)9(15(2)14-8)6-12(11(16)17)4-5-20(18,19)7-12/h3-7H2,1-2H3,(H,16,17). The van der Waals surface area contributed by atoms with Crippen molar-refractivity contribution in [2.45, 2.75) is 26.2 Å². The van der Waals surface area contributed by atoms with Crippen molar-refractivity contribution in [2.75, 3.05) is 11.5 Å². The number of hydrogen-bond donors (Lipinski definition) is 1. The van der Waals surface area contributed by atoms with E-state index in [1.165, 1.54) is 0 Å². The minimum absolute atomic E-state index is 0.0601. The molecule has 8 heteroatoms. The first-order valence-electron chi connectivity index (χ1n) is 6.35. The van der Waals surface area contributed by atoms with E-state index in [9.17, 15) is 18.3 Å². The van der Waals surface area contributed by atoms with Crippen LogP contribution in [0.2, 0.25) is 0 Å². The zero-order chi connectivity index (χ0) is 15.1. The van der Waals surface area contributed by atoms with Crippen LogP contribution in [0.25, 0.3) is 0 Å². The van der Waals surface area contributed by atoms with Crippen LogP contribution in [0, 0.1) is 5.41 Å². The fourth-order valence-corrected chi connectivity index (χ4v) is 5.45. The second-order valence-electron chi connectivity index (χ2n) is 5.29. The lowest BCUT2D eigenvalue weighted by Gasteiger charge is -2.22. The number of nitrogens with zero attached hydrogens (tertiary/aromatic N) is 2. The fourth-order valence-electron chi connectivity index (χ4n) is 2.63. The smallest absolute Gasteiger partial charge is 0.311 e. The molecule has 0 amide bonds. The molecule has 1 aromatic heterocycles. The summed E-state index contributed by atoms with van der Waals surface area (Å²) in [7, 11) is -1.52. The molecule has 1 N–H and O–H groups in total. The van der Waals surface area contributed by atoms with Crippen molar-refractivity contribution < 1.29 is 18.3 Å². The van der Waals surface area contributed by atoms with Crippen LogP contribution in [0.15, 0.2) is 4.47 Å². The molecule has 1 aromatic rings. The number of rotatable bonds is 4. The Bertz CT molecular complexity index is 653. The summed E-state index contributed by atoms with van der Waals surface area (Å²) in [5, 5.41) is 13.8. The Hall–Kier alpha value is -0.890. The molecular formula is C12H17BrN2O4S. The number of sulfone groups is 1. The highest BCUT2D eigenvalue weighted by Crippen LogP contribution is 2.38. The zero-order valence-corrected chi connectivity index (χ0v) is 13.8. The van der Waals surface area contributed by atoms with Crippen molar-refractivity contribution in [3.05, 3.63) is 15.9 Å². The van der Waals surface area contributed by atoms with E-state index in [0.29, 0.717) is 0 Å². The van der Waals surface area contributed by atoms with Crippen LogP contribution in [0.4, 0.5) is 0 Å². The number of aliphatic carboxylic acids is 1. The van der Waals surface area contributed by atoms with Gasteiger partial charge in [0.2, 0.25) is 0 Å². The third-order valence-corrected chi connectivity index (χ3v) is 6.58. The summed E-state index contributed by atoms with van der Waals surface area (Å²) >= 11 is 3.45.